The van der Waals surface area contributed by atoms with Crippen molar-refractivity contribution < 1.29 is 14.3 Å². The highest BCUT2D eigenvalue weighted by Crippen LogP contribution is 1.98. The second-order valence-electron chi connectivity index (χ2n) is 2.40. The number of nitrogens with two attached hydrogens (primary N) is 1. The van der Waals surface area contributed by atoms with Crippen molar-refractivity contribution in [2.75, 3.05) is 7.11 Å². The van der Waals surface area contributed by atoms with E-state index in [4.69, 9.17) is 15.9 Å². The Morgan fingerprint density at radius 2 is 1.92 bits per heavy atom. The van der Waals surface area contributed by atoms with E-state index in [2.05, 4.69) is 4.74 Å². The first kappa shape index (κ1) is 13.4. The van der Waals surface area contributed by atoms with Gasteiger partial charge in [0.15, 0.2) is 0 Å². The minimum absolute atomic E-state index is 0.150. The smallest absolute Gasteiger partial charge is 0.322 e. The molecule has 0 aliphatic carbocycles. The fourth-order valence-electron chi connectivity index (χ4n) is 0.408. The van der Waals surface area contributed by atoms with Gasteiger partial charge in [-0.05, 0) is 5.92 Å². The van der Waals surface area contributed by atoms with Crippen molar-refractivity contribution in [2.24, 2.45) is 11.7 Å². The quantitative estimate of drug-likeness (QED) is 0.351. The van der Waals surface area contributed by atoms with Gasteiger partial charge in [-0.1, -0.05) is 13.8 Å². The molecule has 1 atom stereocenters. The Kier molecular flexibility index (Phi) is 8.84. The highest BCUT2D eigenvalue weighted by molar-refractivity contribution is 5.75. The van der Waals surface area contributed by atoms with Crippen LogP contribution in [-0.2, 0) is 14.3 Å². The first-order valence-corrected chi connectivity index (χ1v) is 3.38. The molecule has 0 aromatic heterocycles. The normalized spacial score (nSPS) is 10.8. The van der Waals surface area contributed by atoms with Crippen molar-refractivity contribution in [1.82, 2.24) is 0 Å². The maximum absolute atomic E-state index is 10.6. The number of hydrogen-bond acceptors (Lipinski definition) is 5. The number of methoxy groups -OCH3 is 1. The summed E-state index contributed by atoms with van der Waals surface area (Å²) in [5.74, 6) is -0.192. The van der Waals surface area contributed by atoms with Gasteiger partial charge in [0.25, 0.3) is 0 Å². The molecule has 0 aromatic carbocycles. The van der Waals surface area contributed by atoms with Crippen LogP contribution in [0.4, 0.5) is 0 Å². The highest BCUT2D eigenvalue weighted by atomic mass is 16.5. The predicted octanol–water partition coefficient (Wildman–Crippen LogP) is 0.0437. The minimum atomic E-state index is -0.477. The number of esters is 1. The van der Waals surface area contributed by atoms with Crippen LogP contribution in [0.15, 0.2) is 0 Å². The molecule has 0 radical (unpaired) electrons. The number of ether oxygens (including phenoxy) is 1. The Hall–Kier alpha value is -1.19. The molecule has 0 heterocycles. The van der Waals surface area contributed by atoms with Crippen molar-refractivity contribution in [3.63, 3.8) is 0 Å². The third-order valence-corrected chi connectivity index (χ3v) is 1.19. The lowest BCUT2D eigenvalue weighted by Crippen LogP contribution is -2.36. The molecular weight excluding hydrogens is 160 g/mol. The Labute approximate surface area is 71.4 Å². The molecule has 70 valence electrons. The van der Waals surface area contributed by atoms with Gasteiger partial charge in [0.2, 0.25) is 6.08 Å². The van der Waals surface area contributed by atoms with Crippen LogP contribution in [-0.4, -0.2) is 25.2 Å². The minimum Gasteiger partial charge on any atom is -0.468 e. The maximum atomic E-state index is 10.6. The molecule has 5 heteroatoms. The van der Waals surface area contributed by atoms with Crippen LogP contribution in [0.5, 0.6) is 0 Å². The Bertz CT molecular complexity index is 162. The van der Waals surface area contributed by atoms with E-state index in [-0.39, 0.29) is 11.9 Å². The molecule has 0 fully saturated rings. The highest BCUT2D eigenvalue weighted by Gasteiger charge is 2.16. The standard InChI is InChI=1S/C6H13NO2.CHNO/c1-4(2)5(7)6(8)9-3;2-1-3/h4-5H,7H2,1-3H3;2H/t5-;/m0./s1. The average Bonchev–Trinajstić information content (AvgIpc) is 2.03. The number of nitrogens with one attached hydrogen (secondary N) is 1. The number of carbonyl (C=O) groups excluding carboxylic acids is 2. The monoisotopic (exact) mass is 174 g/mol. The summed E-state index contributed by atoms with van der Waals surface area (Å²) >= 11 is 0. The Morgan fingerprint density at radius 3 is 2.00 bits per heavy atom. The topological polar surface area (TPSA) is 93.2 Å². The van der Waals surface area contributed by atoms with Gasteiger partial charge in [0, 0.05) is 0 Å². The van der Waals surface area contributed by atoms with E-state index in [1.165, 1.54) is 7.11 Å². The molecule has 5 nitrogen and oxygen atoms in total. The number of carbonyl (C=O) groups is 1. The molecule has 0 amide bonds. The summed E-state index contributed by atoms with van der Waals surface area (Å²) < 4.78 is 4.41. The Balaban J connectivity index is 0. The lowest BCUT2D eigenvalue weighted by atomic mass is 10.1. The zero-order valence-corrected chi connectivity index (χ0v) is 7.46. The van der Waals surface area contributed by atoms with Gasteiger partial charge in [-0.3, -0.25) is 4.79 Å². The molecule has 0 unspecified atom stereocenters. The summed E-state index contributed by atoms with van der Waals surface area (Å²) in [5, 5.41) is 5.40. The van der Waals surface area contributed by atoms with Crippen LogP contribution in [0.1, 0.15) is 13.8 Å². The maximum Gasteiger partial charge on any atom is 0.322 e. The van der Waals surface area contributed by atoms with Crippen LogP contribution < -0.4 is 5.73 Å². The molecule has 0 aromatic rings. The number of isocyanates is 1. The van der Waals surface area contributed by atoms with E-state index in [0.29, 0.717) is 0 Å². The van der Waals surface area contributed by atoms with E-state index in [0.717, 1.165) is 6.08 Å². The summed E-state index contributed by atoms with van der Waals surface area (Å²) in [5.41, 5.74) is 5.40. The van der Waals surface area contributed by atoms with Crippen molar-refractivity contribution in [1.29, 1.82) is 5.41 Å². The van der Waals surface area contributed by atoms with E-state index >= 15 is 0 Å². The molecule has 0 aliphatic rings. The number of rotatable bonds is 2. The molecule has 0 spiro atoms. The molecule has 0 aliphatic heterocycles. The van der Waals surface area contributed by atoms with Crippen molar-refractivity contribution in [3.05, 3.63) is 0 Å². The van der Waals surface area contributed by atoms with Crippen LogP contribution >= 0.6 is 0 Å². The number of hydrogen-bond donors (Lipinski definition) is 2. The van der Waals surface area contributed by atoms with Gasteiger partial charge in [-0.2, -0.15) is 0 Å². The van der Waals surface area contributed by atoms with Crippen LogP contribution in [0.2, 0.25) is 0 Å². The molecule has 0 bridgehead atoms. The van der Waals surface area contributed by atoms with E-state index < -0.39 is 6.04 Å². The van der Waals surface area contributed by atoms with Crippen LogP contribution in [0.3, 0.4) is 0 Å². The van der Waals surface area contributed by atoms with Gasteiger partial charge in [0.1, 0.15) is 6.04 Å². The van der Waals surface area contributed by atoms with Gasteiger partial charge < -0.3 is 10.5 Å². The first-order valence-electron chi connectivity index (χ1n) is 3.38. The summed E-state index contributed by atoms with van der Waals surface area (Å²) in [4.78, 5) is 19.0. The second kappa shape index (κ2) is 7.91. The lowest BCUT2D eigenvalue weighted by Gasteiger charge is -2.11. The van der Waals surface area contributed by atoms with E-state index in [1.54, 1.807) is 0 Å². The Morgan fingerprint density at radius 1 is 1.58 bits per heavy atom. The molecular formula is C7H14N2O3. The third-order valence-electron chi connectivity index (χ3n) is 1.19. The van der Waals surface area contributed by atoms with Gasteiger partial charge in [-0.25, -0.2) is 10.2 Å². The molecule has 0 saturated heterocycles. The first-order chi connectivity index (χ1) is 5.51. The molecule has 0 rings (SSSR count). The lowest BCUT2D eigenvalue weighted by molar-refractivity contribution is -0.143. The third kappa shape index (κ3) is 6.92. The fourth-order valence-corrected chi connectivity index (χ4v) is 0.408. The summed E-state index contributed by atoms with van der Waals surface area (Å²) in [6.07, 6.45) is 0.750. The summed E-state index contributed by atoms with van der Waals surface area (Å²) in [7, 11) is 1.34. The van der Waals surface area contributed by atoms with Crippen molar-refractivity contribution in [2.45, 2.75) is 19.9 Å². The molecule has 12 heavy (non-hydrogen) atoms. The van der Waals surface area contributed by atoms with E-state index in [1.807, 2.05) is 13.8 Å². The summed E-state index contributed by atoms with van der Waals surface area (Å²) in [6, 6.07) is -0.477. The molecule has 3 N–H and O–H groups in total. The molecule has 0 saturated carbocycles. The average molecular weight is 174 g/mol. The largest absolute Gasteiger partial charge is 0.468 e. The van der Waals surface area contributed by atoms with Crippen molar-refractivity contribution in [3.8, 4) is 0 Å². The van der Waals surface area contributed by atoms with Crippen LogP contribution in [0, 0.1) is 11.3 Å². The van der Waals surface area contributed by atoms with Gasteiger partial charge >= 0.3 is 5.97 Å². The van der Waals surface area contributed by atoms with Gasteiger partial charge in [0.05, 0.1) is 7.11 Å². The van der Waals surface area contributed by atoms with Crippen LogP contribution in [0.25, 0.3) is 0 Å². The van der Waals surface area contributed by atoms with E-state index in [9.17, 15) is 4.79 Å². The summed E-state index contributed by atoms with van der Waals surface area (Å²) in [6.45, 7) is 3.75. The van der Waals surface area contributed by atoms with Gasteiger partial charge in [-0.15, -0.1) is 0 Å². The fraction of sp³-hybridized carbons (Fsp3) is 0.714. The van der Waals surface area contributed by atoms with Crippen molar-refractivity contribution >= 4 is 12.0 Å². The second-order valence-corrected chi connectivity index (χ2v) is 2.40. The zero-order chi connectivity index (χ0) is 10.1. The SMILES string of the molecule is COC(=O)[C@@H](N)C(C)C.N=C=O. The zero-order valence-electron chi connectivity index (χ0n) is 7.46. The predicted molar refractivity (Wildman–Crippen MR) is 43.2 cm³/mol.